The molecule has 12 heteroatoms. The Kier molecular flexibility index (Phi) is 4.89. The summed E-state index contributed by atoms with van der Waals surface area (Å²) in [5.41, 5.74) is 1.21. The summed E-state index contributed by atoms with van der Waals surface area (Å²) in [7, 11) is -3.69. The van der Waals surface area contributed by atoms with Crippen molar-refractivity contribution in [3.8, 4) is 11.5 Å². The molecule has 0 bridgehead atoms. The Morgan fingerprint density at radius 2 is 2.18 bits per heavy atom. The molecule has 1 aliphatic rings. The Hall–Kier alpha value is -2.37. The van der Waals surface area contributed by atoms with Gasteiger partial charge in [0.25, 0.3) is 10.0 Å². The fourth-order valence-electron chi connectivity index (χ4n) is 3.45. The predicted octanol–water partition coefficient (Wildman–Crippen LogP) is 2.20. The molecule has 3 aromatic rings. The molecule has 2 atom stereocenters. The van der Waals surface area contributed by atoms with Gasteiger partial charge in [-0.15, -0.1) is 5.10 Å². The van der Waals surface area contributed by atoms with Gasteiger partial charge in [0.15, 0.2) is 11.0 Å². The number of piperidine rings is 1. The van der Waals surface area contributed by atoms with Crippen molar-refractivity contribution in [3.05, 3.63) is 41.2 Å². The minimum atomic E-state index is -3.69. The average molecular weight is 426 g/mol. The highest BCUT2D eigenvalue weighted by Crippen LogP contribution is 2.37. The van der Waals surface area contributed by atoms with Crippen molar-refractivity contribution in [3.63, 3.8) is 0 Å². The van der Waals surface area contributed by atoms with Crippen LogP contribution in [-0.4, -0.2) is 56.2 Å². The van der Waals surface area contributed by atoms with E-state index in [0.717, 1.165) is 11.9 Å². The van der Waals surface area contributed by atoms with Crippen LogP contribution in [0.15, 0.2) is 29.6 Å². The summed E-state index contributed by atoms with van der Waals surface area (Å²) in [6.07, 6.45) is 2.94. The normalized spacial score (nSPS) is 21.1. The van der Waals surface area contributed by atoms with Crippen molar-refractivity contribution < 1.29 is 12.8 Å². The molecule has 4 heterocycles. The summed E-state index contributed by atoms with van der Waals surface area (Å²) in [6, 6.07) is 2.82. The minimum absolute atomic E-state index is 0.00189. The van der Waals surface area contributed by atoms with Gasteiger partial charge in [-0.3, -0.25) is 5.10 Å². The number of aromatic amines is 2. The van der Waals surface area contributed by atoms with Crippen LogP contribution < -0.4 is 0 Å². The van der Waals surface area contributed by atoms with E-state index in [4.69, 9.17) is 11.6 Å². The Morgan fingerprint density at radius 1 is 1.36 bits per heavy atom. The van der Waals surface area contributed by atoms with Gasteiger partial charge in [-0.05, 0) is 24.5 Å². The number of halogens is 2. The number of sulfonamides is 1. The van der Waals surface area contributed by atoms with Crippen LogP contribution in [-0.2, 0) is 10.0 Å². The van der Waals surface area contributed by atoms with Crippen molar-refractivity contribution in [2.24, 2.45) is 5.92 Å². The molecular weight excluding hydrogens is 409 g/mol. The molecule has 0 aliphatic carbocycles. The topological polar surface area (TPSA) is 121 Å². The third-order valence-electron chi connectivity index (χ3n) is 4.89. The number of hydrogen-bond donors (Lipinski definition) is 2. The van der Waals surface area contributed by atoms with Crippen LogP contribution in [0.4, 0.5) is 4.39 Å². The molecular formula is C16H17ClFN7O2S. The lowest BCUT2D eigenvalue weighted by molar-refractivity contribution is 0.245. The SMILES string of the molecule is C[C@H]1CN(S(=O)(=O)c2c[nH]nn2)CC[C@H]1c1[nH]c(-c2ccc(F)cn2)nc1Cl. The second-order valence-electron chi connectivity index (χ2n) is 6.70. The number of H-pyrrole nitrogens is 2. The van der Waals surface area contributed by atoms with Gasteiger partial charge in [0.05, 0.1) is 18.1 Å². The highest BCUT2D eigenvalue weighted by molar-refractivity contribution is 7.89. The lowest BCUT2D eigenvalue weighted by atomic mass is 9.86. The molecule has 0 saturated carbocycles. The molecule has 148 valence electrons. The van der Waals surface area contributed by atoms with Gasteiger partial charge in [0.2, 0.25) is 5.03 Å². The lowest BCUT2D eigenvalue weighted by Crippen LogP contribution is -2.42. The van der Waals surface area contributed by atoms with Crippen molar-refractivity contribution >= 4 is 21.6 Å². The lowest BCUT2D eigenvalue weighted by Gasteiger charge is -2.35. The van der Waals surface area contributed by atoms with E-state index >= 15 is 0 Å². The molecule has 1 aliphatic heterocycles. The van der Waals surface area contributed by atoms with E-state index in [1.807, 2.05) is 6.92 Å². The molecule has 4 rings (SSSR count). The van der Waals surface area contributed by atoms with Crippen LogP contribution in [0, 0.1) is 11.7 Å². The highest BCUT2D eigenvalue weighted by Gasteiger charge is 2.37. The predicted molar refractivity (Wildman–Crippen MR) is 98.5 cm³/mol. The molecule has 0 unspecified atom stereocenters. The molecule has 28 heavy (non-hydrogen) atoms. The number of imidazole rings is 1. The monoisotopic (exact) mass is 425 g/mol. The third-order valence-corrected chi connectivity index (χ3v) is 6.92. The maximum Gasteiger partial charge on any atom is 0.264 e. The number of rotatable bonds is 4. The Labute approximate surface area is 165 Å². The first-order valence-corrected chi connectivity index (χ1v) is 10.4. The summed E-state index contributed by atoms with van der Waals surface area (Å²) in [6.45, 7) is 2.60. The van der Waals surface area contributed by atoms with Gasteiger partial charge in [0, 0.05) is 19.0 Å². The number of nitrogens with zero attached hydrogens (tertiary/aromatic N) is 5. The molecule has 2 N–H and O–H groups in total. The fraction of sp³-hybridized carbons (Fsp3) is 0.375. The van der Waals surface area contributed by atoms with E-state index in [1.165, 1.54) is 22.6 Å². The van der Waals surface area contributed by atoms with Crippen LogP contribution in [0.25, 0.3) is 11.5 Å². The van der Waals surface area contributed by atoms with E-state index in [-0.39, 0.29) is 16.9 Å². The van der Waals surface area contributed by atoms with Gasteiger partial charge in [-0.25, -0.2) is 22.8 Å². The Balaban J connectivity index is 1.55. The smallest absolute Gasteiger partial charge is 0.264 e. The van der Waals surface area contributed by atoms with Crippen LogP contribution in [0.3, 0.4) is 0 Å². The van der Waals surface area contributed by atoms with Crippen molar-refractivity contribution in [1.82, 2.24) is 34.7 Å². The molecule has 0 spiro atoms. The fourth-order valence-corrected chi connectivity index (χ4v) is 5.11. The van der Waals surface area contributed by atoms with Crippen molar-refractivity contribution in [2.45, 2.75) is 24.3 Å². The zero-order chi connectivity index (χ0) is 19.9. The molecule has 0 radical (unpaired) electrons. The molecule has 3 aromatic heterocycles. The highest BCUT2D eigenvalue weighted by atomic mass is 35.5. The second-order valence-corrected chi connectivity index (χ2v) is 8.94. The maximum absolute atomic E-state index is 13.1. The molecule has 1 saturated heterocycles. The molecule has 0 aromatic carbocycles. The quantitative estimate of drug-likeness (QED) is 0.661. The Morgan fingerprint density at radius 3 is 2.82 bits per heavy atom. The third kappa shape index (κ3) is 3.40. The first kappa shape index (κ1) is 19.0. The van der Waals surface area contributed by atoms with E-state index in [2.05, 4.69) is 30.4 Å². The standard InChI is InChI=1S/C16H17ClFN7O2S/c1-9-8-25(28(26,27)13-7-20-24-23-13)5-4-11(9)14-15(17)22-16(21-14)12-3-2-10(18)6-19-12/h2-3,6-7,9,11H,4-5,8H2,1H3,(H,21,22)(H,20,23,24)/t9-,11+/m0/s1. The number of pyridine rings is 1. The zero-order valence-corrected chi connectivity index (χ0v) is 16.4. The Bertz CT molecular complexity index is 1070. The summed E-state index contributed by atoms with van der Waals surface area (Å²) < 4.78 is 39.8. The summed E-state index contributed by atoms with van der Waals surface area (Å²) in [5, 5.41) is 9.73. The first-order valence-electron chi connectivity index (χ1n) is 8.60. The number of hydrogen-bond acceptors (Lipinski definition) is 6. The summed E-state index contributed by atoms with van der Waals surface area (Å²) in [5.74, 6) is 0.00107. The van der Waals surface area contributed by atoms with Gasteiger partial charge in [0.1, 0.15) is 11.5 Å². The number of aromatic nitrogens is 6. The van der Waals surface area contributed by atoms with E-state index in [1.54, 1.807) is 0 Å². The van der Waals surface area contributed by atoms with Crippen molar-refractivity contribution in [2.75, 3.05) is 13.1 Å². The first-order chi connectivity index (χ1) is 13.4. The van der Waals surface area contributed by atoms with Crippen LogP contribution in [0.1, 0.15) is 25.0 Å². The summed E-state index contributed by atoms with van der Waals surface area (Å²) in [4.78, 5) is 11.5. The minimum Gasteiger partial charge on any atom is -0.339 e. The van der Waals surface area contributed by atoms with Crippen LogP contribution in [0.5, 0.6) is 0 Å². The maximum atomic E-state index is 13.1. The number of nitrogens with one attached hydrogen (secondary N) is 2. The molecule has 0 amide bonds. The van der Waals surface area contributed by atoms with E-state index in [0.29, 0.717) is 36.2 Å². The van der Waals surface area contributed by atoms with Crippen LogP contribution in [0.2, 0.25) is 5.15 Å². The largest absolute Gasteiger partial charge is 0.339 e. The van der Waals surface area contributed by atoms with Gasteiger partial charge < -0.3 is 4.98 Å². The summed E-state index contributed by atoms with van der Waals surface area (Å²) >= 11 is 6.33. The second kappa shape index (κ2) is 7.22. The van der Waals surface area contributed by atoms with Gasteiger partial charge in [-0.2, -0.15) is 4.31 Å². The average Bonchev–Trinajstić information content (AvgIpc) is 3.33. The van der Waals surface area contributed by atoms with Gasteiger partial charge >= 0.3 is 0 Å². The molecule has 1 fully saturated rings. The van der Waals surface area contributed by atoms with Crippen molar-refractivity contribution in [1.29, 1.82) is 0 Å². The van der Waals surface area contributed by atoms with Gasteiger partial charge in [-0.1, -0.05) is 23.7 Å². The molecule has 9 nitrogen and oxygen atoms in total. The van der Waals surface area contributed by atoms with E-state index in [9.17, 15) is 12.8 Å². The van der Waals surface area contributed by atoms with E-state index < -0.39 is 15.8 Å². The van der Waals surface area contributed by atoms with Crippen LogP contribution >= 0.6 is 11.6 Å². The zero-order valence-electron chi connectivity index (χ0n) is 14.8.